The number of benzene rings is 1. The molecular weight excluding hydrogens is 313 g/mol. The van der Waals surface area contributed by atoms with Crippen molar-refractivity contribution in [2.75, 3.05) is 5.32 Å². The van der Waals surface area contributed by atoms with Crippen LogP contribution in [0.4, 0.5) is 10.1 Å². The minimum Gasteiger partial charge on any atom is -0.478 e. The minimum absolute atomic E-state index is 0.0310. The van der Waals surface area contributed by atoms with Crippen LogP contribution in [-0.2, 0) is 18.3 Å². The summed E-state index contributed by atoms with van der Waals surface area (Å²) in [5.74, 6) is -2.71. The summed E-state index contributed by atoms with van der Waals surface area (Å²) in [6.07, 6.45) is 0.492. The Morgan fingerprint density at radius 1 is 1.38 bits per heavy atom. The second-order valence-electron chi connectivity index (χ2n) is 5.87. The highest BCUT2D eigenvalue weighted by Crippen LogP contribution is 2.20. The summed E-state index contributed by atoms with van der Waals surface area (Å²) >= 11 is 0. The number of aryl methyl sites for hydroxylation is 2. The van der Waals surface area contributed by atoms with Crippen LogP contribution < -0.4 is 5.32 Å². The lowest BCUT2D eigenvalue weighted by Gasteiger charge is -2.13. The van der Waals surface area contributed by atoms with Crippen molar-refractivity contribution in [3.8, 4) is 0 Å². The first-order chi connectivity index (χ1) is 11.2. The number of hydrogen-bond donors (Lipinski definition) is 2. The number of amides is 1. The second kappa shape index (κ2) is 6.82. The van der Waals surface area contributed by atoms with Crippen molar-refractivity contribution in [1.29, 1.82) is 0 Å². The van der Waals surface area contributed by atoms with E-state index < -0.39 is 11.8 Å². The van der Waals surface area contributed by atoms with Crippen molar-refractivity contribution in [2.24, 2.45) is 13.0 Å². The Bertz CT molecular complexity index is 799. The Morgan fingerprint density at radius 3 is 2.54 bits per heavy atom. The Hall–Kier alpha value is -2.70. The molecule has 0 saturated heterocycles. The van der Waals surface area contributed by atoms with Crippen LogP contribution in [0.1, 0.15) is 34.2 Å². The number of hydrogen-bond acceptors (Lipinski definition) is 3. The van der Waals surface area contributed by atoms with E-state index in [0.717, 1.165) is 23.0 Å². The Labute approximate surface area is 139 Å². The molecule has 7 heteroatoms. The van der Waals surface area contributed by atoms with Crippen molar-refractivity contribution in [3.05, 3.63) is 46.5 Å². The van der Waals surface area contributed by atoms with Crippen LogP contribution in [0.2, 0.25) is 0 Å². The van der Waals surface area contributed by atoms with Crippen LogP contribution in [0.3, 0.4) is 0 Å². The lowest BCUT2D eigenvalue weighted by Crippen LogP contribution is -2.23. The number of nitrogens with zero attached hydrogens (tertiary/aromatic N) is 2. The van der Waals surface area contributed by atoms with Gasteiger partial charge in [0.05, 0.1) is 16.9 Å². The molecule has 0 saturated carbocycles. The fourth-order valence-electron chi connectivity index (χ4n) is 2.52. The first-order valence-electron chi connectivity index (χ1n) is 7.53. The molecular formula is C17H20FN3O3. The summed E-state index contributed by atoms with van der Waals surface area (Å²) in [6, 6.07) is 3.39. The van der Waals surface area contributed by atoms with Crippen LogP contribution in [0.25, 0.3) is 0 Å². The van der Waals surface area contributed by atoms with Crippen LogP contribution in [0.5, 0.6) is 0 Å². The molecule has 1 amide bonds. The molecule has 1 atom stereocenters. The largest absolute Gasteiger partial charge is 0.478 e. The van der Waals surface area contributed by atoms with Gasteiger partial charge in [-0.05, 0) is 44.0 Å². The van der Waals surface area contributed by atoms with Crippen molar-refractivity contribution in [1.82, 2.24) is 9.78 Å². The van der Waals surface area contributed by atoms with Crippen LogP contribution in [0.15, 0.2) is 18.2 Å². The molecule has 1 aromatic carbocycles. The van der Waals surface area contributed by atoms with Crippen LogP contribution in [-0.4, -0.2) is 26.8 Å². The average molecular weight is 333 g/mol. The van der Waals surface area contributed by atoms with Gasteiger partial charge < -0.3 is 10.4 Å². The third-order valence-corrected chi connectivity index (χ3v) is 4.09. The van der Waals surface area contributed by atoms with E-state index in [1.54, 1.807) is 11.6 Å². The number of carbonyl (C=O) groups is 2. The molecule has 0 aliphatic heterocycles. The molecule has 2 aromatic rings. The lowest BCUT2D eigenvalue weighted by atomic mass is 9.98. The standard InChI is InChI=1S/C17H20FN3O3/c1-9(7-13-10(2)20-21(4)11(13)3)16(22)19-15-6-5-12(17(23)24)8-14(15)18/h5-6,8-9H,7H2,1-4H3,(H,19,22)(H,23,24). The van der Waals surface area contributed by atoms with Gasteiger partial charge in [0.1, 0.15) is 5.82 Å². The van der Waals surface area contributed by atoms with Gasteiger partial charge in [-0.25, -0.2) is 9.18 Å². The average Bonchev–Trinajstić information content (AvgIpc) is 2.75. The molecule has 0 radical (unpaired) electrons. The molecule has 0 aliphatic rings. The van der Waals surface area contributed by atoms with Gasteiger partial charge in [0, 0.05) is 18.7 Å². The van der Waals surface area contributed by atoms with Gasteiger partial charge in [0.2, 0.25) is 5.91 Å². The first kappa shape index (κ1) is 17.7. The predicted molar refractivity (Wildman–Crippen MR) is 87.5 cm³/mol. The number of rotatable bonds is 5. The molecule has 2 rings (SSSR count). The monoisotopic (exact) mass is 333 g/mol. The molecule has 24 heavy (non-hydrogen) atoms. The number of aromatic nitrogens is 2. The summed E-state index contributed by atoms with van der Waals surface area (Å²) in [6.45, 7) is 5.58. The van der Waals surface area contributed by atoms with Crippen molar-refractivity contribution >= 4 is 17.6 Å². The SMILES string of the molecule is Cc1nn(C)c(C)c1CC(C)C(=O)Nc1ccc(C(=O)O)cc1F. The quantitative estimate of drug-likeness (QED) is 0.881. The van der Waals surface area contributed by atoms with Crippen molar-refractivity contribution < 1.29 is 19.1 Å². The van der Waals surface area contributed by atoms with E-state index in [1.165, 1.54) is 12.1 Å². The molecule has 2 N–H and O–H groups in total. The Kier molecular flexibility index (Phi) is 5.02. The molecule has 0 fully saturated rings. The van der Waals surface area contributed by atoms with E-state index in [-0.39, 0.29) is 23.1 Å². The number of halogens is 1. The topological polar surface area (TPSA) is 84.2 Å². The zero-order chi connectivity index (χ0) is 18.0. The van der Waals surface area contributed by atoms with E-state index in [2.05, 4.69) is 10.4 Å². The summed E-state index contributed by atoms with van der Waals surface area (Å²) in [4.78, 5) is 23.1. The molecule has 128 valence electrons. The molecule has 1 unspecified atom stereocenters. The fourth-order valence-corrected chi connectivity index (χ4v) is 2.52. The highest BCUT2D eigenvalue weighted by atomic mass is 19.1. The third-order valence-electron chi connectivity index (χ3n) is 4.09. The van der Waals surface area contributed by atoms with Crippen LogP contribution in [0, 0.1) is 25.6 Å². The van der Waals surface area contributed by atoms with Gasteiger partial charge in [0.25, 0.3) is 0 Å². The number of carbonyl (C=O) groups excluding carboxylic acids is 1. The van der Waals surface area contributed by atoms with Gasteiger partial charge in [-0.2, -0.15) is 5.10 Å². The van der Waals surface area contributed by atoms with Gasteiger partial charge in [-0.3, -0.25) is 9.48 Å². The van der Waals surface area contributed by atoms with E-state index >= 15 is 0 Å². The fraction of sp³-hybridized carbons (Fsp3) is 0.353. The highest BCUT2D eigenvalue weighted by Gasteiger charge is 2.20. The smallest absolute Gasteiger partial charge is 0.335 e. The molecule has 6 nitrogen and oxygen atoms in total. The van der Waals surface area contributed by atoms with Crippen LogP contribution >= 0.6 is 0 Å². The predicted octanol–water partition coefficient (Wildman–Crippen LogP) is 2.69. The molecule has 0 aliphatic carbocycles. The number of carboxylic acids is 1. The van der Waals surface area contributed by atoms with Crippen molar-refractivity contribution in [3.63, 3.8) is 0 Å². The number of carboxylic acid groups (broad SMARTS) is 1. The van der Waals surface area contributed by atoms with E-state index in [9.17, 15) is 14.0 Å². The number of nitrogens with one attached hydrogen (secondary N) is 1. The lowest BCUT2D eigenvalue weighted by molar-refractivity contribution is -0.119. The van der Waals surface area contributed by atoms with Gasteiger partial charge >= 0.3 is 5.97 Å². The maximum Gasteiger partial charge on any atom is 0.335 e. The van der Waals surface area contributed by atoms with Crippen molar-refractivity contribution in [2.45, 2.75) is 27.2 Å². The Balaban J connectivity index is 2.10. The molecule has 0 spiro atoms. The summed E-state index contributed by atoms with van der Waals surface area (Å²) in [5.41, 5.74) is 2.66. The summed E-state index contributed by atoms with van der Waals surface area (Å²) < 4.78 is 15.7. The summed E-state index contributed by atoms with van der Waals surface area (Å²) in [5, 5.41) is 15.7. The van der Waals surface area contributed by atoms with E-state index in [0.29, 0.717) is 6.42 Å². The second-order valence-corrected chi connectivity index (χ2v) is 5.87. The van der Waals surface area contributed by atoms with Gasteiger partial charge in [-0.15, -0.1) is 0 Å². The normalized spacial score (nSPS) is 12.0. The number of anilines is 1. The maximum absolute atomic E-state index is 13.9. The Morgan fingerprint density at radius 2 is 2.04 bits per heavy atom. The third kappa shape index (κ3) is 3.61. The zero-order valence-electron chi connectivity index (χ0n) is 14.1. The first-order valence-corrected chi connectivity index (χ1v) is 7.53. The molecule has 0 bridgehead atoms. The molecule has 1 heterocycles. The zero-order valence-corrected chi connectivity index (χ0v) is 14.1. The van der Waals surface area contributed by atoms with E-state index in [1.807, 2.05) is 20.9 Å². The highest BCUT2D eigenvalue weighted by molar-refractivity contribution is 5.94. The van der Waals surface area contributed by atoms with Gasteiger partial charge in [0.15, 0.2) is 0 Å². The van der Waals surface area contributed by atoms with E-state index in [4.69, 9.17) is 5.11 Å². The molecule has 1 aromatic heterocycles. The minimum atomic E-state index is -1.22. The van der Waals surface area contributed by atoms with Gasteiger partial charge in [-0.1, -0.05) is 6.92 Å². The summed E-state index contributed by atoms with van der Waals surface area (Å²) in [7, 11) is 1.84. The number of aromatic carboxylic acids is 1. The maximum atomic E-state index is 13.9.